The molecule has 11 nitrogen and oxygen atoms in total. The van der Waals surface area contributed by atoms with E-state index in [2.05, 4.69) is 30.8 Å². The van der Waals surface area contributed by atoms with Gasteiger partial charge in [-0.3, -0.25) is 9.59 Å². The molecular weight excluding hydrogens is 549 g/mol. The lowest BCUT2D eigenvalue weighted by Gasteiger charge is -2.05. The molecule has 4 aromatic rings. The first kappa shape index (κ1) is 25.5. The summed E-state index contributed by atoms with van der Waals surface area (Å²) in [5, 5.41) is 26.2. The standard InChI is InChI=1S/C24H18N6O5S3/c1-2-35-21(34)12-7-9-13(10-8-12)25-16(31)11-36-24-30-29-23(38-24)28-22-27-20(33)18(37-22)17-14-5-3-4-6-15(14)26-19(17)32/h3-10,33H,2,11H2,1H3,(H,25,31)(H,27,28,29). The minimum absolute atomic E-state index is 0.0970. The molecule has 0 bridgehead atoms. The fraction of sp³-hybridized carbons (Fsp3) is 0.125. The minimum Gasteiger partial charge on any atom is -0.492 e. The van der Waals surface area contributed by atoms with Gasteiger partial charge < -0.3 is 20.5 Å². The molecule has 0 radical (unpaired) electrons. The normalized spacial score (nSPS) is 12.1. The Hall–Kier alpha value is -4.14. The van der Waals surface area contributed by atoms with Gasteiger partial charge in [-0.05, 0) is 37.3 Å². The summed E-state index contributed by atoms with van der Waals surface area (Å²) in [6.07, 6.45) is 0. The van der Waals surface area contributed by atoms with Crippen molar-refractivity contribution in [2.75, 3.05) is 23.0 Å². The van der Waals surface area contributed by atoms with Gasteiger partial charge in [0.15, 0.2) is 9.47 Å². The highest BCUT2D eigenvalue weighted by atomic mass is 32.2. The number of nitrogens with one attached hydrogen (secondary N) is 2. The number of anilines is 3. The van der Waals surface area contributed by atoms with Crippen LogP contribution in [0.15, 0.2) is 57.9 Å². The number of aromatic nitrogens is 3. The first-order chi connectivity index (χ1) is 18.4. The Labute approximate surface area is 227 Å². The van der Waals surface area contributed by atoms with Gasteiger partial charge in [0, 0.05) is 10.9 Å². The Balaban J connectivity index is 1.18. The molecule has 192 valence electrons. The summed E-state index contributed by atoms with van der Waals surface area (Å²) in [6, 6.07) is 13.5. The smallest absolute Gasteiger partial charge is 0.338 e. The number of hydrogen-bond acceptors (Lipinski definition) is 12. The average Bonchev–Trinajstić information content (AvgIpc) is 3.59. The van der Waals surface area contributed by atoms with E-state index in [9.17, 15) is 19.5 Å². The third kappa shape index (κ3) is 5.56. The molecule has 0 saturated heterocycles. The lowest BCUT2D eigenvalue weighted by molar-refractivity contribution is -0.114. The van der Waals surface area contributed by atoms with Gasteiger partial charge in [-0.15, -0.1) is 10.2 Å². The van der Waals surface area contributed by atoms with Gasteiger partial charge >= 0.3 is 5.97 Å². The van der Waals surface area contributed by atoms with Crippen LogP contribution in [-0.4, -0.2) is 50.4 Å². The van der Waals surface area contributed by atoms with Gasteiger partial charge in [0.2, 0.25) is 16.9 Å². The lowest BCUT2D eigenvalue weighted by atomic mass is 10.1. The average molecular weight is 567 g/mol. The van der Waals surface area contributed by atoms with Crippen LogP contribution in [0.4, 0.5) is 16.0 Å². The van der Waals surface area contributed by atoms with E-state index in [4.69, 9.17) is 4.74 Å². The fourth-order valence-corrected chi connectivity index (χ4v) is 5.97. The Morgan fingerprint density at radius 1 is 1.05 bits per heavy atom. The van der Waals surface area contributed by atoms with E-state index in [1.165, 1.54) is 23.1 Å². The molecule has 3 N–H and O–H groups in total. The highest BCUT2D eigenvalue weighted by molar-refractivity contribution is 8.01. The maximum Gasteiger partial charge on any atom is 0.338 e. The van der Waals surface area contributed by atoms with Crippen LogP contribution < -0.4 is 21.2 Å². The molecule has 2 aromatic heterocycles. The third-order valence-electron chi connectivity index (χ3n) is 5.07. The number of amides is 2. The molecule has 3 heterocycles. The minimum atomic E-state index is -0.431. The van der Waals surface area contributed by atoms with Crippen molar-refractivity contribution in [2.24, 2.45) is 4.99 Å². The number of fused-ring (bicyclic) bond motifs is 1. The van der Waals surface area contributed by atoms with Crippen molar-refractivity contribution in [3.63, 3.8) is 0 Å². The quantitative estimate of drug-likeness (QED) is 0.203. The number of thioether (sulfide) groups is 1. The van der Waals surface area contributed by atoms with E-state index in [0.29, 0.717) is 46.9 Å². The summed E-state index contributed by atoms with van der Waals surface area (Å²) in [5.41, 5.74) is 1.26. The van der Waals surface area contributed by atoms with Gasteiger partial charge in [-0.25, -0.2) is 9.79 Å². The molecule has 0 spiro atoms. The highest BCUT2D eigenvalue weighted by Crippen LogP contribution is 2.36. The van der Waals surface area contributed by atoms with E-state index in [1.807, 2.05) is 0 Å². The maximum absolute atomic E-state index is 12.4. The number of hydrogen-bond donors (Lipinski definition) is 3. The van der Waals surface area contributed by atoms with E-state index < -0.39 is 11.9 Å². The zero-order valence-electron chi connectivity index (χ0n) is 19.6. The SMILES string of the molecule is CCOC(=O)c1ccc(NC(=O)CSc2nnc(Nc3nc(O)c(C4=c5ccccc5=NC4=O)s3)s2)cc1. The van der Waals surface area contributed by atoms with Crippen molar-refractivity contribution >= 4 is 73.7 Å². The molecule has 2 aromatic carbocycles. The molecule has 0 atom stereocenters. The van der Waals surface area contributed by atoms with Crippen LogP contribution >= 0.6 is 34.4 Å². The molecule has 5 rings (SSSR count). The topological polar surface area (TPSA) is 156 Å². The zero-order valence-corrected chi connectivity index (χ0v) is 22.1. The lowest BCUT2D eigenvalue weighted by Crippen LogP contribution is -2.22. The van der Waals surface area contributed by atoms with Crippen LogP contribution in [0.1, 0.15) is 22.2 Å². The Morgan fingerprint density at radius 3 is 2.63 bits per heavy atom. The van der Waals surface area contributed by atoms with E-state index in [1.54, 1.807) is 55.5 Å². The van der Waals surface area contributed by atoms with E-state index in [-0.39, 0.29) is 24.1 Å². The maximum atomic E-state index is 12.4. The molecule has 0 saturated carbocycles. The van der Waals surface area contributed by atoms with Crippen molar-refractivity contribution in [3.8, 4) is 5.88 Å². The number of nitrogens with zero attached hydrogens (tertiary/aromatic N) is 4. The van der Waals surface area contributed by atoms with E-state index >= 15 is 0 Å². The molecule has 0 fully saturated rings. The third-order valence-corrected chi connectivity index (χ3v) is 8.02. The van der Waals surface area contributed by atoms with Gasteiger partial charge in [0.1, 0.15) is 4.88 Å². The van der Waals surface area contributed by atoms with Gasteiger partial charge in [0.05, 0.1) is 28.9 Å². The zero-order chi connectivity index (χ0) is 26.6. The number of carbonyl (C=O) groups excluding carboxylic acids is 3. The van der Waals surface area contributed by atoms with Crippen molar-refractivity contribution in [2.45, 2.75) is 11.3 Å². The van der Waals surface area contributed by atoms with Crippen molar-refractivity contribution in [1.29, 1.82) is 0 Å². The second kappa shape index (κ2) is 11.1. The summed E-state index contributed by atoms with van der Waals surface area (Å²) < 4.78 is 5.49. The van der Waals surface area contributed by atoms with Crippen LogP contribution in [0.3, 0.4) is 0 Å². The van der Waals surface area contributed by atoms with Gasteiger partial charge in [-0.2, -0.15) is 4.98 Å². The van der Waals surface area contributed by atoms with Crippen molar-refractivity contribution in [3.05, 3.63) is 69.5 Å². The first-order valence-corrected chi connectivity index (χ1v) is 13.8. The van der Waals surface area contributed by atoms with Gasteiger partial charge in [-0.1, -0.05) is 52.6 Å². The number of esters is 1. The molecule has 38 heavy (non-hydrogen) atoms. The van der Waals surface area contributed by atoms with Crippen LogP contribution in [0.2, 0.25) is 0 Å². The second-order valence-corrected chi connectivity index (χ2v) is 10.8. The highest BCUT2D eigenvalue weighted by Gasteiger charge is 2.25. The molecule has 1 aliphatic rings. The van der Waals surface area contributed by atoms with Gasteiger partial charge in [0.25, 0.3) is 5.91 Å². The molecule has 0 unspecified atom stereocenters. The van der Waals surface area contributed by atoms with Crippen LogP contribution in [-0.2, 0) is 14.3 Å². The Bertz CT molecular complexity index is 1670. The largest absolute Gasteiger partial charge is 0.492 e. The predicted molar refractivity (Wildman–Crippen MR) is 143 cm³/mol. The molecule has 0 aliphatic carbocycles. The summed E-state index contributed by atoms with van der Waals surface area (Å²) >= 11 is 3.52. The first-order valence-electron chi connectivity index (χ1n) is 11.1. The molecule has 14 heteroatoms. The fourth-order valence-electron chi connectivity index (χ4n) is 3.45. The molecular formula is C24H18N6O5S3. The number of thiazole rings is 1. The number of rotatable bonds is 9. The summed E-state index contributed by atoms with van der Waals surface area (Å²) in [6.45, 7) is 2.02. The molecule has 1 aliphatic heterocycles. The molecule has 2 amide bonds. The monoisotopic (exact) mass is 566 g/mol. The van der Waals surface area contributed by atoms with Crippen LogP contribution in [0.25, 0.3) is 5.57 Å². The number of carbonyl (C=O) groups is 3. The predicted octanol–water partition coefficient (Wildman–Crippen LogP) is 2.71. The number of aromatic hydroxyl groups is 1. The second-order valence-electron chi connectivity index (χ2n) is 7.61. The Morgan fingerprint density at radius 2 is 1.84 bits per heavy atom. The van der Waals surface area contributed by atoms with Crippen molar-refractivity contribution in [1.82, 2.24) is 15.2 Å². The van der Waals surface area contributed by atoms with Crippen LogP contribution in [0, 0.1) is 0 Å². The van der Waals surface area contributed by atoms with Crippen LogP contribution in [0.5, 0.6) is 5.88 Å². The summed E-state index contributed by atoms with van der Waals surface area (Å²) in [5.74, 6) is -1.28. The summed E-state index contributed by atoms with van der Waals surface area (Å²) in [4.78, 5) is 44.9. The van der Waals surface area contributed by atoms with E-state index in [0.717, 1.165) is 11.3 Å². The number of benzene rings is 2. The number of ether oxygens (including phenoxy) is 1. The summed E-state index contributed by atoms with van der Waals surface area (Å²) in [7, 11) is 0. The number of para-hydroxylation sites is 1. The Kier molecular flexibility index (Phi) is 7.44. The van der Waals surface area contributed by atoms with Crippen molar-refractivity contribution < 1.29 is 24.2 Å².